The van der Waals surface area contributed by atoms with Gasteiger partial charge < -0.3 is 5.32 Å². The van der Waals surface area contributed by atoms with E-state index in [1.165, 1.54) is 24.4 Å². The Bertz CT molecular complexity index is 517. The van der Waals surface area contributed by atoms with Crippen LogP contribution in [0.2, 0.25) is 5.02 Å². The zero-order valence-electron chi connectivity index (χ0n) is 7.78. The Balaban J connectivity index is 2.15. The first kappa shape index (κ1) is 11.0. The standard InChI is InChI=1S/C9H5ClFN3OS/c10-6-3-5(1-2-7(6)11)13-9(15)8-4-12-16-14-8/h1-4H,(H,13,15). The van der Waals surface area contributed by atoms with E-state index in [4.69, 9.17) is 11.6 Å². The van der Waals surface area contributed by atoms with Gasteiger partial charge in [0.15, 0.2) is 5.69 Å². The Morgan fingerprint density at radius 2 is 2.31 bits per heavy atom. The zero-order chi connectivity index (χ0) is 11.5. The van der Waals surface area contributed by atoms with E-state index in [0.717, 1.165) is 11.7 Å². The molecule has 0 saturated heterocycles. The molecule has 2 rings (SSSR count). The van der Waals surface area contributed by atoms with Gasteiger partial charge in [0.05, 0.1) is 22.9 Å². The van der Waals surface area contributed by atoms with Crippen LogP contribution in [0.5, 0.6) is 0 Å². The molecule has 16 heavy (non-hydrogen) atoms. The van der Waals surface area contributed by atoms with Crippen molar-refractivity contribution in [3.63, 3.8) is 0 Å². The van der Waals surface area contributed by atoms with Gasteiger partial charge in [0.1, 0.15) is 5.82 Å². The molecule has 0 fully saturated rings. The van der Waals surface area contributed by atoms with Crippen molar-refractivity contribution in [1.82, 2.24) is 8.75 Å². The maximum atomic E-state index is 12.8. The maximum absolute atomic E-state index is 12.8. The molecule has 1 N–H and O–H groups in total. The van der Waals surface area contributed by atoms with Gasteiger partial charge in [-0.3, -0.25) is 4.79 Å². The highest BCUT2D eigenvalue weighted by atomic mass is 35.5. The van der Waals surface area contributed by atoms with Crippen LogP contribution in [0.15, 0.2) is 24.4 Å². The van der Waals surface area contributed by atoms with Crippen molar-refractivity contribution in [2.24, 2.45) is 0 Å². The van der Waals surface area contributed by atoms with Crippen molar-refractivity contribution in [1.29, 1.82) is 0 Å². The maximum Gasteiger partial charge on any atom is 0.277 e. The van der Waals surface area contributed by atoms with Gasteiger partial charge in [0.25, 0.3) is 5.91 Å². The minimum Gasteiger partial charge on any atom is -0.321 e. The van der Waals surface area contributed by atoms with Crippen LogP contribution in [0.4, 0.5) is 10.1 Å². The molecular formula is C9H5ClFN3OS. The molecule has 0 aliphatic carbocycles. The van der Waals surface area contributed by atoms with Crippen molar-refractivity contribution < 1.29 is 9.18 Å². The number of nitrogens with one attached hydrogen (secondary N) is 1. The highest BCUT2D eigenvalue weighted by Gasteiger charge is 2.09. The number of carbonyl (C=O) groups is 1. The van der Waals surface area contributed by atoms with Crippen LogP contribution >= 0.6 is 23.3 Å². The lowest BCUT2D eigenvalue weighted by atomic mass is 10.3. The van der Waals surface area contributed by atoms with Crippen LogP contribution in [0, 0.1) is 5.82 Å². The van der Waals surface area contributed by atoms with Crippen LogP contribution in [0.3, 0.4) is 0 Å². The van der Waals surface area contributed by atoms with Gasteiger partial charge in [-0.15, -0.1) is 0 Å². The minimum atomic E-state index is -0.532. The first-order chi connectivity index (χ1) is 7.66. The molecule has 0 aliphatic heterocycles. The van der Waals surface area contributed by atoms with Crippen LogP contribution in [-0.2, 0) is 0 Å². The summed E-state index contributed by atoms with van der Waals surface area (Å²) in [5.41, 5.74) is 0.620. The summed E-state index contributed by atoms with van der Waals surface area (Å²) in [6.07, 6.45) is 1.35. The smallest absolute Gasteiger partial charge is 0.277 e. The van der Waals surface area contributed by atoms with Crippen molar-refractivity contribution in [3.05, 3.63) is 40.9 Å². The first-order valence-electron chi connectivity index (χ1n) is 4.21. The van der Waals surface area contributed by atoms with E-state index in [9.17, 15) is 9.18 Å². The topological polar surface area (TPSA) is 54.9 Å². The molecule has 1 amide bonds. The summed E-state index contributed by atoms with van der Waals surface area (Å²) >= 11 is 6.51. The quantitative estimate of drug-likeness (QED) is 0.900. The van der Waals surface area contributed by atoms with Crippen molar-refractivity contribution in [3.8, 4) is 0 Å². The third-order valence-electron chi connectivity index (χ3n) is 1.77. The number of benzene rings is 1. The Morgan fingerprint density at radius 3 is 2.94 bits per heavy atom. The van der Waals surface area contributed by atoms with E-state index in [0.29, 0.717) is 5.69 Å². The Hall–Kier alpha value is -1.53. The lowest BCUT2D eigenvalue weighted by molar-refractivity contribution is 0.102. The summed E-state index contributed by atoms with van der Waals surface area (Å²) in [4.78, 5) is 11.5. The summed E-state index contributed by atoms with van der Waals surface area (Å²) in [6, 6.07) is 3.92. The average Bonchev–Trinajstić information content (AvgIpc) is 2.77. The van der Waals surface area contributed by atoms with Gasteiger partial charge in [0.2, 0.25) is 0 Å². The van der Waals surface area contributed by atoms with E-state index in [-0.39, 0.29) is 10.7 Å². The summed E-state index contributed by atoms with van der Waals surface area (Å²) in [5.74, 6) is -0.939. The number of carbonyl (C=O) groups excluding carboxylic acids is 1. The number of aromatic nitrogens is 2. The molecule has 0 aliphatic rings. The van der Waals surface area contributed by atoms with Crippen molar-refractivity contribution >= 4 is 34.9 Å². The fraction of sp³-hybridized carbons (Fsp3) is 0. The molecule has 0 unspecified atom stereocenters. The Labute approximate surface area is 99.4 Å². The third kappa shape index (κ3) is 2.34. The molecule has 82 valence electrons. The summed E-state index contributed by atoms with van der Waals surface area (Å²) in [7, 11) is 0. The van der Waals surface area contributed by atoms with Gasteiger partial charge >= 0.3 is 0 Å². The Morgan fingerprint density at radius 1 is 1.50 bits per heavy atom. The predicted molar refractivity (Wildman–Crippen MR) is 59.3 cm³/mol. The van der Waals surface area contributed by atoms with E-state index in [1.54, 1.807) is 0 Å². The van der Waals surface area contributed by atoms with E-state index < -0.39 is 11.7 Å². The van der Waals surface area contributed by atoms with Crippen LogP contribution in [0.25, 0.3) is 0 Å². The second-order valence-electron chi connectivity index (χ2n) is 2.88. The first-order valence-corrected chi connectivity index (χ1v) is 5.31. The number of anilines is 1. The van der Waals surface area contributed by atoms with Gasteiger partial charge in [0, 0.05) is 5.69 Å². The highest BCUT2D eigenvalue weighted by molar-refractivity contribution is 6.99. The highest BCUT2D eigenvalue weighted by Crippen LogP contribution is 2.19. The molecule has 0 spiro atoms. The number of halogens is 2. The number of hydrogen-bond donors (Lipinski definition) is 1. The fourth-order valence-electron chi connectivity index (χ4n) is 1.03. The molecule has 1 aromatic heterocycles. The normalized spacial score (nSPS) is 10.1. The van der Waals surface area contributed by atoms with E-state index in [1.807, 2.05) is 0 Å². The lowest BCUT2D eigenvalue weighted by Gasteiger charge is -2.03. The SMILES string of the molecule is O=C(Nc1ccc(F)c(Cl)c1)c1cnsn1. The van der Waals surface area contributed by atoms with Crippen molar-refractivity contribution in [2.45, 2.75) is 0 Å². The van der Waals surface area contributed by atoms with Gasteiger partial charge in [-0.1, -0.05) is 11.6 Å². The van der Waals surface area contributed by atoms with Crippen LogP contribution in [-0.4, -0.2) is 14.7 Å². The van der Waals surface area contributed by atoms with Crippen LogP contribution in [0.1, 0.15) is 10.5 Å². The fourth-order valence-corrected chi connectivity index (χ4v) is 1.63. The lowest BCUT2D eigenvalue weighted by Crippen LogP contribution is -2.12. The average molecular weight is 258 g/mol. The molecule has 0 saturated carbocycles. The predicted octanol–water partition coefficient (Wildman–Crippen LogP) is 2.58. The molecule has 7 heteroatoms. The number of hydrogen-bond acceptors (Lipinski definition) is 4. The number of amides is 1. The number of nitrogens with zero attached hydrogens (tertiary/aromatic N) is 2. The van der Waals surface area contributed by atoms with Gasteiger partial charge in [-0.25, -0.2) is 4.39 Å². The summed E-state index contributed by atoms with van der Waals surface area (Å²) < 4.78 is 20.3. The van der Waals surface area contributed by atoms with Gasteiger partial charge in [-0.2, -0.15) is 8.75 Å². The van der Waals surface area contributed by atoms with Crippen molar-refractivity contribution in [2.75, 3.05) is 5.32 Å². The second-order valence-corrected chi connectivity index (χ2v) is 3.84. The molecule has 0 atom stereocenters. The molecule has 1 aromatic carbocycles. The minimum absolute atomic E-state index is 0.0470. The Kier molecular flexibility index (Phi) is 3.12. The van der Waals surface area contributed by atoms with E-state index in [2.05, 4.69) is 14.1 Å². The van der Waals surface area contributed by atoms with E-state index >= 15 is 0 Å². The summed E-state index contributed by atoms with van der Waals surface area (Å²) in [5, 5.41) is 2.48. The van der Waals surface area contributed by atoms with Gasteiger partial charge in [-0.05, 0) is 18.2 Å². The molecular weight excluding hydrogens is 253 g/mol. The molecule has 1 heterocycles. The number of rotatable bonds is 2. The van der Waals surface area contributed by atoms with Crippen LogP contribution < -0.4 is 5.32 Å². The molecule has 4 nitrogen and oxygen atoms in total. The molecule has 0 bridgehead atoms. The molecule has 2 aromatic rings. The third-order valence-corrected chi connectivity index (χ3v) is 2.54. The largest absolute Gasteiger partial charge is 0.321 e. The zero-order valence-corrected chi connectivity index (χ0v) is 9.35. The monoisotopic (exact) mass is 257 g/mol. The summed E-state index contributed by atoms with van der Waals surface area (Å²) in [6.45, 7) is 0. The molecule has 0 radical (unpaired) electrons. The second kappa shape index (κ2) is 4.54.